The fourth-order valence-corrected chi connectivity index (χ4v) is 3.88. The quantitative estimate of drug-likeness (QED) is 0.401. The predicted octanol–water partition coefficient (Wildman–Crippen LogP) is 2.39. The Morgan fingerprint density at radius 2 is 1.94 bits per heavy atom. The van der Waals surface area contributed by atoms with Crippen molar-refractivity contribution in [1.82, 2.24) is 10.6 Å². The molecule has 33 heavy (non-hydrogen) atoms. The molecule has 0 aliphatic carbocycles. The minimum absolute atomic E-state index is 0.0331. The zero-order valence-electron chi connectivity index (χ0n) is 17.9. The normalized spacial score (nSPS) is 18.2. The van der Waals surface area contributed by atoms with Gasteiger partial charge in [0.25, 0.3) is 11.8 Å². The molecule has 1 aliphatic rings. The molecule has 0 saturated carbocycles. The summed E-state index contributed by atoms with van der Waals surface area (Å²) in [4.78, 5) is 31.4. The Labute approximate surface area is 202 Å². The summed E-state index contributed by atoms with van der Waals surface area (Å²) in [6.45, 7) is 1.76. The summed E-state index contributed by atoms with van der Waals surface area (Å²) in [5.74, 6) is -1.82. The van der Waals surface area contributed by atoms with E-state index in [0.29, 0.717) is 17.2 Å². The van der Waals surface area contributed by atoms with Crippen LogP contribution in [0.1, 0.15) is 35.7 Å². The van der Waals surface area contributed by atoms with Gasteiger partial charge in [-0.15, -0.1) is 0 Å². The molecule has 1 heterocycles. The molecule has 2 aromatic carbocycles. The van der Waals surface area contributed by atoms with E-state index < -0.39 is 30.5 Å². The zero-order valence-corrected chi connectivity index (χ0v) is 19.4. The maximum atomic E-state index is 13.2. The van der Waals surface area contributed by atoms with Crippen LogP contribution < -0.4 is 10.6 Å². The molecule has 174 valence electrons. The Morgan fingerprint density at radius 1 is 1.21 bits per heavy atom. The van der Waals surface area contributed by atoms with Gasteiger partial charge in [0.1, 0.15) is 0 Å². The van der Waals surface area contributed by atoms with Crippen LogP contribution in [0.15, 0.2) is 53.7 Å². The smallest absolute Gasteiger partial charge is 0.426 e. The molecule has 1 unspecified atom stereocenters. The predicted molar refractivity (Wildman–Crippen MR) is 127 cm³/mol. The number of hydrogen-bond donors (Lipinski definition) is 4. The second-order valence-corrected chi connectivity index (χ2v) is 8.63. The van der Waals surface area contributed by atoms with Crippen molar-refractivity contribution in [2.75, 3.05) is 6.54 Å². The number of carbonyl (C=O) groups is 2. The van der Waals surface area contributed by atoms with Crippen LogP contribution in [0.4, 0.5) is 0 Å². The SMILES string of the molecule is CC[C@H](NC(=O)C1(Cc2ccccc2)CC(CNC(=O)c2cc(Cl)ccc2Cl)=NO1)B(O)O. The Morgan fingerprint density at radius 3 is 2.61 bits per heavy atom. The van der Waals surface area contributed by atoms with Crippen molar-refractivity contribution in [2.24, 2.45) is 5.16 Å². The first-order valence-electron chi connectivity index (χ1n) is 10.4. The molecule has 8 nitrogen and oxygen atoms in total. The monoisotopic (exact) mass is 491 g/mol. The summed E-state index contributed by atoms with van der Waals surface area (Å²) in [6.07, 6.45) is 0.628. The van der Waals surface area contributed by atoms with Crippen molar-refractivity contribution in [3.05, 3.63) is 69.7 Å². The van der Waals surface area contributed by atoms with Crippen LogP contribution >= 0.6 is 23.2 Å². The number of oxime groups is 1. The lowest BCUT2D eigenvalue weighted by Crippen LogP contribution is -2.55. The van der Waals surface area contributed by atoms with Crippen LogP contribution in [-0.2, 0) is 16.1 Å². The molecule has 0 saturated heterocycles. The standard InChI is InChI=1S/C22H24BCl2N3O5/c1-2-19(23(31)32)27-21(30)22(11-14-6-4-3-5-7-14)12-16(28-33-22)13-26-20(29)17-10-15(24)8-9-18(17)25/h3-10,19,31-32H,2,11-13H2,1H3,(H,26,29)(H,27,30)/t19-,22?/m0/s1. The fourth-order valence-electron chi connectivity index (χ4n) is 3.50. The van der Waals surface area contributed by atoms with Gasteiger partial charge in [-0.25, -0.2) is 0 Å². The van der Waals surface area contributed by atoms with Gasteiger partial charge in [0.05, 0.1) is 28.8 Å². The van der Waals surface area contributed by atoms with E-state index in [2.05, 4.69) is 15.8 Å². The van der Waals surface area contributed by atoms with Gasteiger partial charge in [-0.05, 0) is 30.2 Å². The number of halogens is 2. The lowest BCUT2D eigenvalue weighted by atomic mass is 9.77. The van der Waals surface area contributed by atoms with Crippen molar-refractivity contribution < 1.29 is 24.5 Å². The van der Waals surface area contributed by atoms with Gasteiger partial charge in [-0.3, -0.25) is 9.59 Å². The highest BCUT2D eigenvalue weighted by Crippen LogP contribution is 2.29. The Hall–Kier alpha value is -2.59. The molecule has 2 amide bonds. The van der Waals surface area contributed by atoms with Crippen molar-refractivity contribution in [3.8, 4) is 0 Å². The molecule has 0 spiro atoms. The summed E-state index contributed by atoms with van der Waals surface area (Å²) >= 11 is 12.0. The fraction of sp³-hybridized carbons (Fsp3) is 0.318. The second-order valence-electron chi connectivity index (χ2n) is 7.79. The molecule has 2 atom stereocenters. The van der Waals surface area contributed by atoms with E-state index in [-0.39, 0.29) is 30.0 Å². The van der Waals surface area contributed by atoms with E-state index in [1.54, 1.807) is 13.0 Å². The highest BCUT2D eigenvalue weighted by molar-refractivity contribution is 6.43. The van der Waals surface area contributed by atoms with E-state index in [1.807, 2.05) is 30.3 Å². The van der Waals surface area contributed by atoms with Gasteiger partial charge < -0.3 is 25.5 Å². The molecular formula is C22H24BCl2N3O5. The average molecular weight is 492 g/mol. The number of benzene rings is 2. The van der Waals surface area contributed by atoms with Crippen molar-refractivity contribution in [3.63, 3.8) is 0 Å². The summed E-state index contributed by atoms with van der Waals surface area (Å²) in [6, 6.07) is 13.8. The van der Waals surface area contributed by atoms with Crippen LogP contribution in [0.3, 0.4) is 0 Å². The summed E-state index contributed by atoms with van der Waals surface area (Å²) in [5.41, 5.74) is 0.124. The Balaban J connectivity index is 1.73. The third-order valence-corrected chi connectivity index (χ3v) is 5.89. The number of nitrogens with one attached hydrogen (secondary N) is 2. The molecule has 1 aliphatic heterocycles. The highest BCUT2D eigenvalue weighted by atomic mass is 35.5. The van der Waals surface area contributed by atoms with Gasteiger partial charge in [-0.2, -0.15) is 0 Å². The molecule has 11 heteroatoms. The summed E-state index contributed by atoms with van der Waals surface area (Å²) in [5, 5.41) is 29.1. The van der Waals surface area contributed by atoms with Crippen molar-refractivity contribution in [1.29, 1.82) is 0 Å². The van der Waals surface area contributed by atoms with Gasteiger partial charge in [0, 0.05) is 17.9 Å². The van der Waals surface area contributed by atoms with Gasteiger partial charge in [0.2, 0.25) is 5.60 Å². The van der Waals surface area contributed by atoms with Crippen LogP contribution in [0, 0.1) is 0 Å². The van der Waals surface area contributed by atoms with Crippen LogP contribution in [-0.4, -0.2) is 52.8 Å². The van der Waals surface area contributed by atoms with Crippen LogP contribution in [0.5, 0.6) is 0 Å². The second kappa shape index (κ2) is 11.0. The first-order chi connectivity index (χ1) is 15.7. The van der Waals surface area contributed by atoms with E-state index in [0.717, 1.165) is 5.56 Å². The minimum atomic E-state index is -1.71. The summed E-state index contributed by atoms with van der Waals surface area (Å²) in [7, 11) is -1.71. The number of rotatable bonds is 9. The first kappa shape index (κ1) is 25.0. The van der Waals surface area contributed by atoms with Crippen LogP contribution in [0.2, 0.25) is 10.0 Å². The number of hydrogen-bond acceptors (Lipinski definition) is 6. The summed E-state index contributed by atoms with van der Waals surface area (Å²) < 4.78 is 0. The van der Waals surface area contributed by atoms with Gasteiger partial charge in [0.15, 0.2) is 0 Å². The number of carbonyl (C=O) groups excluding carboxylic acids is 2. The average Bonchev–Trinajstić information content (AvgIpc) is 3.21. The molecule has 0 aromatic heterocycles. The molecule has 2 aromatic rings. The number of nitrogens with zero attached hydrogens (tertiary/aromatic N) is 1. The lowest BCUT2D eigenvalue weighted by Gasteiger charge is -2.28. The third-order valence-electron chi connectivity index (χ3n) is 5.33. The molecule has 0 bridgehead atoms. The Bertz CT molecular complexity index is 1040. The maximum Gasteiger partial charge on any atom is 0.475 e. The largest absolute Gasteiger partial charge is 0.475 e. The molecular weight excluding hydrogens is 468 g/mol. The van der Waals surface area contributed by atoms with E-state index in [9.17, 15) is 19.6 Å². The molecule has 0 fully saturated rings. The van der Waals surface area contributed by atoms with Crippen molar-refractivity contribution >= 4 is 47.8 Å². The number of amides is 2. The first-order valence-corrected chi connectivity index (χ1v) is 11.2. The van der Waals surface area contributed by atoms with Crippen LogP contribution in [0.25, 0.3) is 0 Å². The Kier molecular flexibility index (Phi) is 8.37. The van der Waals surface area contributed by atoms with Crippen molar-refractivity contribution in [2.45, 2.75) is 37.7 Å². The lowest BCUT2D eigenvalue weighted by molar-refractivity contribution is -0.144. The third kappa shape index (κ3) is 6.26. The highest BCUT2D eigenvalue weighted by Gasteiger charge is 2.47. The minimum Gasteiger partial charge on any atom is -0.426 e. The molecule has 4 N–H and O–H groups in total. The molecule has 0 radical (unpaired) electrons. The topological polar surface area (TPSA) is 120 Å². The van der Waals surface area contributed by atoms with E-state index >= 15 is 0 Å². The van der Waals surface area contributed by atoms with E-state index in [1.165, 1.54) is 12.1 Å². The molecule has 3 rings (SSSR count). The van der Waals surface area contributed by atoms with E-state index in [4.69, 9.17) is 28.0 Å². The van der Waals surface area contributed by atoms with Gasteiger partial charge >= 0.3 is 7.12 Å². The van der Waals surface area contributed by atoms with Gasteiger partial charge in [-0.1, -0.05) is 65.6 Å². The maximum absolute atomic E-state index is 13.2. The zero-order chi connectivity index (χ0) is 24.0.